The van der Waals surface area contributed by atoms with Crippen molar-refractivity contribution in [2.24, 2.45) is 0 Å². The summed E-state index contributed by atoms with van der Waals surface area (Å²) in [5, 5.41) is 9.45. The molecule has 0 aromatic heterocycles. The van der Waals surface area contributed by atoms with Gasteiger partial charge in [0, 0.05) is 0 Å². The second-order valence-corrected chi connectivity index (χ2v) is 2.47. The van der Waals surface area contributed by atoms with E-state index >= 15 is 0 Å². The fraction of sp³-hybridized carbons (Fsp3) is 0.556. The van der Waals surface area contributed by atoms with Gasteiger partial charge in [0.15, 0.2) is 0 Å². The molecule has 1 nitrogen and oxygen atoms in total. The predicted octanol–water partition coefficient (Wildman–Crippen LogP) is 2.28. The Morgan fingerprint density at radius 1 is 1.10 bits per heavy atom. The van der Waals surface area contributed by atoms with E-state index in [1.165, 1.54) is 0 Å². The van der Waals surface area contributed by atoms with Gasteiger partial charge in [0.25, 0.3) is 0 Å². The van der Waals surface area contributed by atoms with Gasteiger partial charge in [-0.05, 0) is 38.8 Å². The number of hydrogen-bond donors (Lipinski definition) is 1. The van der Waals surface area contributed by atoms with E-state index in [1.54, 1.807) is 0 Å². The minimum atomic E-state index is -0.380. The predicted molar refractivity (Wildman–Crippen MR) is 44.9 cm³/mol. The average Bonchev–Trinajstić information content (AvgIpc) is 2.00. The highest BCUT2D eigenvalue weighted by molar-refractivity contribution is 5.18. The highest BCUT2D eigenvalue weighted by atomic mass is 16.3. The molecule has 0 rings (SSSR count). The maximum atomic E-state index is 9.45. The Kier molecular flexibility index (Phi) is 4.05. The van der Waals surface area contributed by atoms with Crippen LogP contribution in [0.1, 0.15) is 27.7 Å². The van der Waals surface area contributed by atoms with Crippen LogP contribution in [-0.2, 0) is 0 Å². The lowest BCUT2D eigenvalue weighted by Crippen LogP contribution is -2.08. The van der Waals surface area contributed by atoms with E-state index in [4.69, 9.17) is 0 Å². The number of aliphatic hydroxyl groups is 1. The topological polar surface area (TPSA) is 20.2 Å². The van der Waals surface area contributed by atoms with Crippen LogP contribution in [0.2, 0.25) is 0 Å². The zero-order valence-electron chi connectivity index (χ0n) is 7.18. The number of aliphatic hydroxyl groups excluding tert-OH is 1. The van der Waals surface area contributed by atoms with Crippen LogP contribution in [0.25, 0.3) is 0 Å². The van der Waals surface area contributed by atoms with Crippen molar-refractivity contribution in [1.29, 1.82) is 0 Å². The molecule has 0 amide bonds. The van der Waals surface area contributed by atoms with Gasteiger partial charge < -0.3 is 5.11 Å². The highest BCUT2D eigenvalue weighted by Gasteiger charge is 2.05. The van der Waals surface area contributed by atoms with Gasteiger partial charge in [0.1, 0.15) is 0 Å². The van der Waals surface area contributed by atoms with E-state index in [1.807, 2.05) is 39.8 Å². The molecule has 1 N–H and O–H groups in total. The van der Waals surface area contributed by atoms with Gasteiger partial charge in [-0.15, -0.1) is 0 Å². The Labute approximate surface area is 63.1 Å². The quantitative estimate of drug-likeness (QED) is 0.583. The summed E-state index contributed by atoms with van der Waals surface area (Å²) in [4.78, 5) is 0. The molecule has 0 heterocycles. The van der Waals surface area contributed by atoms with Crippen LogP contribution in [0.3, 0.4) is 0 Å². The molecule has 0 spiro atoms. The molecule has 0 aromatic carbocycles. The Bertz CT molecular complexity index is 136. The maximum absolute atomic E-state index is 9.45. The molecule has 0 saturated heterocycles. The molecule has 0 aliphatic rings. The summed E-state index contributed by atoms with van der Waals surface area (Å²) in [5.41, 5.74) is 2.02. The van der Waals surface area contributed by atoms with Gasteiger partial charge in [0.05, 0.1) is 6.10 Å². The molecule has 0 aliphatic carbocycles. The normalized spacial score (nSPS) is 17.3. The van der Waals surface area contributed by atoms with Crippen molar-refractivity contribution in [2.45, 2.75) is 33.8 Å². The van der Waals surface area contributed by atoms with Crippen molar-refractivity contribution in [2.75, 3.05) is 0 Å². The second kappa shape index (κ2) is 4.29. The molecule has 1 heteroatoms. The Morgan fingerprint density at radius 3 is 1.60 bits per heavy atom. The Hall–Kier alpha value is -0.560. The molecular weight excluding hydrogens is 124 g/mol. The van der Waals surface area contributed by atoms with Gasteiger partial charge in [-0.1, -0.05) is 12.2 Å². The van der Waals surface area contributed by atoms with Crippen LogP contribution in [-0.4, -0.2) is 11.2 Å². The fourth-order valence-corrected chi connectivity index (χ4v) is 0.675. The lowest BCUT2D eigenvalue weighted by atomic mass is 10.0. The number of allylic oxidation sites excluding steroid dienone is 2. The van der Waals surface area contributed by atoms with Crippen molar-refractivity contribution in [3.63, 3.8) is 0 Å². The van der Waals surface area contributed by atoms with Gasteiger partial charge in [-0.2, -0.15) is 0 Å². The monoisotopic (exact) mass is 140 g/mol. The molecule has 58 valence electrons. The van der Waals surface area contributed by atoms with Gasteiger partial charge >= 0.3 is 0 Å². The van der Waals surface area contributed by atoms with E-state index in [-0.39, 0.29) is 6.10 Å². The first-order chi connectivity index (χ1) is 4.63. The molecule has 0 bridgehead atoms. The van der Waals surface area contributed by atoms with Crippen LogP contribution < -0.4 is 0 Å². The molecular formula is C9H16O. The van der Waals surface area contributed by atoms with Crippen LogP contribution in [0.15, 0.2) is 23.3 Å². The molecule has 0 aromatic rings. The van der Waals surface area contributed by atoms with Gasteiger partial charge in [-0.25, -0.2) is 0 Å². The summed E-state index contributed by atoms with van der Waals surface area (Å²) < 4.78 is 0. The number of rotatable bonds is 2. The smallest absolute Gasteiger partial charge is 0.0955 e. The van der Waals surface area contributed by atoms with Crippen molar-refractivity contribution in [3.05, 3.63) is 23.3 Å². The molecule has 0 saturated carbocycles. The highest BCUT2D eigenvalue weighted by Crippen LogP contribution is 2.09. The Morgan fingerprint density at radius 2 is 1.40 bits per heavy atom. The van der Waals surface area contributed by atoms with E-state index in [2.05, 4.69) is 0 Å². The molecule has 0 fully saturated rings. The summed E-state index contributed by atoms with van der Waals surface area (Å²) >= 11 is 0. The second-order valence-electron chi connectivity index (χ2n) is 2.47. The van der Waals surface area contributed by atoms with Gasteiger partial charge in [0.2, 0.25) is 0 Å². The van der Waals surface area contributed by atoms with Crippen molar-refractivity contribution in [1.82, 2.24) is 0 Å². The van der Waals surface area contributed by atoms with Crippen molar-refractivity contribution < 1.29 is 5.11 Å². The first-order valence-corrected chi connectivity index (χ1v) is 3.57. The zero-order chi connectivity index (χ0) is 8.15. The summed E-state index contributed by atoms with van der Waals surface area (Å²) in [5.74, 6) is 0. The lowest BCUT2D eigenvalue weighted by molar-refractivity contribution is 0.246. The summed E-state index contributed by atoms with van der Waals surface area (Å²) in [6, 6.07) is 0. The van der Waals surface area contributed by atoms with E-state index in [9.17, 15) is 5.11 Å². The minimum absolute atomic E-state index is 0.380. The van der Waals surface area contributed by atoms with Crippen LogP contribution in [0, 0.1) is 0 Å². The number of hydrogen-bond acceptors (Lipinski definition) is 1. The van der Waals surface area contributed by atoms with Crippen LogP contribution in [0.4, 0.5) is 0 Å². The minimum Gasteiger partial charge on any atom is -0.384 e. The maximum Gasteiger partial charge on any atom is 0.0955 e. The Balaban J connectivity index is 4.22. The fourth-order valence-electron chi connectivity index (χ4n) is 0.675. The van der Waals surface area contributed by atoms with Gasteiger partial charge in [-0.3, -0.25) is 0 Å². The molecule has 0 aliphatic heterocycles. The largest absolute Gasteiger partial charge is 0.384 e. The van der Waals surface area contributed by atoms with Crippen molar-refractivity contribution >= 4 is 0 Å². The third-order valence-corrected chi connectivity index (χ3v) is 1.77. The lowest BCUT2D eigenvalue weighted by Gasteiger charge is -2.10. The van der Waals surface area contributed by atoms with Crippen molar-refractivity contribution in [3.8, 4) is 0 Å². The molecule has 0 unspecified atom stereocenters. The molecule has 0 atom stereocenters. The van der Waals surface area contributed by atoms with Crippen LogP contribution in [0.5, 0.6) is 0 Å². The van der Waals surface area contributed by atoms with Crippen LogP contribution >= 0.6 is 0 Å². The van der Waals surface area contributed by atoms with E-state index in [0.29, 0.717) is 0 Å². The average molecular weight is 140 g/mol. The van der Waals surface area contributed by atoms with E-state index in [0.717, 1.165) is 11.1 Å². The third-order valence-electron chi connectivity index (χ3n) is 1.77. The summed E-state index contributed by atoms with van der Waals surface area (Å²) in [6.07, 6.45) is 3.48. The van der Waals surface area contributed by atoms with E-state index < -0.39 is 0 Å². The summed E-state index contributed by atoms with van der Waals surface area (Å²) in [6.45, 7) is 7.72. The standard InChI is InChI=1S/C9H16O/c1-5-7(3)9(10)8(4)6-2/h5-6,9-10H,1-4H3. The molecule has 0 radical (unpaired) electrons. The first kappa shape index (κ1) is 9.44. The third kappa shape index (κ3) is 2.36. The first-order valence-electron chi connectivity index (χ1n) is 3.57. The molecule has 10 heavy (non-hydrogen) atoms. The summed E-state index contributed by atoms with van der Waals surface area (Å²) in [7, 11) is 0. The SMILES string of the molecule is CC=C(C)C(O)C(C)=CC. The zero-order valence-corrected chi connectivity index (χ0v) is 7.18.